The molecule has 0 spiro atoms. The molecule has 22 heavy (non-hydrogen) atoms. The number of methoxy groups -OCH3 is 1. The van der Waals surface area contributed by atoms with Gasteiger partial charge in [-0.1, -0.05) is 12.5 Å². The number of ether oxygens (including phenoxy) is 2. The molecule has 2 rings (SSSR count). The van der Waals surface area contributed by atoms with Gasteiger partial charge in [0.25, 0.3) is 0 Å². The van der Waals surface area contributed by atoms with Gasteiger partial charge in [0.2, 0.25) is 0 Å². The molecule has 1 saturated carbocycles. The number of anilines is 1. The summed E-state index contributed by atoms with van der Waals surface area (Å²) in [5.74, 6) is 0.696. The molecule has 5 heteroatoms. The zero-order valence-electron chi connectivity index (χ0n) is 13.9. The molecule has 0 heterocycles. The molecular formula is C17H26N2O3. The maximum Gasteiger partial charge on any atom is 0.412 e. The lowest BCUT2D eigenvalue weighted by Crippen LogP contribution is -2.42. The second kappa shape index (κ2) is 6.16. The number of nitrogens with two attached hydrogens (primary N) is 1. The number of nitrogens with one attached hydrogen (secondary N) is 1. The summed E-state index contributed by atoms with van der Waals surface area (Å²) in [7, 11) is 1.61. The lowest BCUT2D eigenvalue weighted by molar-refractivity contribution is 0.0635. The lowest BCUT2D eigenvalue weighted by atomic mass is 9.64. The van der Waals surface area contributed by atoms with Crippen molar-refractivity contribution in [1.82, 2.24) is 0 Å². The van der Waals surface area contributed by atoms with Gasteiger partial charge in [-0.3, -0.25) is 5.32 Å². The summed E-state index contributed by atoms with van der Waals surface area (Å²) in [6, 6.07) is 5.73. The molecule has 3 N–H and O–H groups in total. The van der Waals surface area contributed by atoms with E-state index in [-0.39, 0.29) is 5.41 Å². The van der Waals surface area contributed by atoms with E-state index in [0.717, 1.165) is 30.5 Å². The quantitative estimate of drug-likeness (QED) is 0.894. The van der Waals surface area contributed by atoms with E-state index >= 15 is 0 Å². The predicted molar refractivity (Wildman–Crippen MR) is 87.4 cm³/mol. The van der Waals surface area contributed by atoms with E-state index in [1.165, 1.54) is 0 Å². The molecule has 1 aromatic carbocycles. The average Bonchev–Trinajstić information content (AvgIpc) is 2.37. The maximum absolute atomic E-state index is 12.1. The molecular weight excluding hydrogens is 280 g/mol. The fourth-order valence-corrected chi connectivity index (χ4v) is 2.82. The average molecular weight is 306 g/mol. The Bertz CT molecular complexity index is 540. The molecule has 1 aromatic rings. The van der Waals surface area contributed by atoms with Gasteiger partial charge in [-0.05, 0) is 45.2 Å². The smallest absolute Gasteiger partial charge is 0.412 e. The first-order chi connectivity index (χ1) is 10.3. The van der Waals surface area contributed by atoms with Crippen molar-refractivity contribution >= 4 is 11.8 Å². The molecule has 0 saturated heterocycles. The number of carbonyl (C=O) groups is 1. The van der Waals surface area contributed by atoms with Crippen LogP contribution in [0, 0.1) is 0 Å². The molecule has 0 radical (unpaired) electrons. The number of carbonyl (C=O) groups excluding carboxylic acids is 1. The highest BCUT2D eigenvalue weighted by atomic mass is 16.6. The first-order valence-corrected chi connectivity index (χ1v) is 7.68. The van der Waals surface area contributed by atoms with E-state index in [9.17, 15) is 4.79 Å². The third-order valence-electron chi connectivity index (χ3n) is 4.14. The predicted octanol–water partition coefficient (Wildman–Crippen LogP) is 3.42. The van der Waals surface area contributed by atoms with Crippen molar-refractivity contribution < 1.29 is 14.3 Å². The summed E-state index contributed by atoms with van der Waals surface area (Å²) >= 11 is 0. The van der Waals surface area contributed by atoms with Crippen LogP contribution in [0.25, 0.3) is 0 Å². The number of amides is 1. The van der Waals surface area contributed by atoms with Gasteiger partial charge in [0.1, 0.15) is 11.4 Å². The molecule has 1 aliphatic rings. The maximum atomic E-state index is 12.1. The first-order valence-electron chi connectivity index (χ1n) is 7.68. The van der Waals surface area contributed by atoms with Gasteiger partial charge in [-0.25, -0.2) is 4.79 Å². The van der Waals surface area contributed by atoms with E-state index in [2.05, 4.69) is 5.32 Å². The molecule has 1 amide bonds. The Labute approximate surface area is 132 Å². The third kappa shape index (κ3) is 3.53. The highest BCUT2D eigenvalue weighted by Gasteiger charge is 2.39. The summed E-state index contributed by atoms with van der Waals surface area (Å²) in [5, 5.41) is 2.85. The molecule has 122 valence electrons. The van der Waals surface area contributed by atoms with E-state index in [0.29, 0.717) is 12.3 Å². The van der Waals surface area contributed by atoms with E-state index in [4.69, 9.17) is 15.2 Å². The van der Waals surface area contributed by atoms with Crippen LogP contribution in [-0.4, -0.2) is 25.3 Å². The molecule has 0 unspecified atom stereocenters. The van der Waals surface area contributed by atoms with Crippen LogP contribution in [0.4, 0.5) is 10.5 Å². The van der Waals surface area contributed by atoms with Crippen LogP contribution in [0.3, 0.4) is 0 Å². The minimum atomic E-state index is -0.537. The first kappa shape index (κ1) is 16.6. The SMILES string of the molecule is COc1ccc(C2(CN)CCC2)c(NC(=O)OC(C)(C)C)c1. The molecule has 0 atom stereocenters. The van der Waals surface area contributed by atoms with Crippen molar-refractivity contribution in [2.45, 2.75) is 51.0 Å². The zero-order chi connectivity index (χ0) is 16.4. The van der Waals surface area contributed by atoms with E-state index < -0.39 is 11.7 Å². The number of benzene rings is 1. The highest BCUT2D eigenvalue weighted by molar-refractivity contribution is 5.86. The van der Waals surface area contributed by atoms with E-state index in [1.54, 1.807) is 7.11 Å². The van der Waals surface area contributed by atoms with Crippen LogP contribution in [0.1, 0.15) is 45.6 Å². The van der Waals surface area contributed by atoms with Gasteiger partial charge >= 0.3 is 6.09 Å². The van der Waals surface area contributed by atoms with Gasteiger partial charge in [-0.15, -0.1) is 0 Å². The second-order valence-corrected chi connectivity index (χ2v) is 6.88. The number of hydrogen-bond donors (Lipinski definition) is 2. The summed E-state index contributed by atoms with van der Waals surface area (Å²) in [5.41, 5.74) is 7.20. The van der Waals surface area contributed by atoms with Crippen LogP contribution < -0.4 is 15.8 Å². The Balaban J connectivity index is 2.29. The Kier molecular flexibility index (Phi) is 4.66. The van der Waals surface area contributed by atoms with Crippen molar-refractivity contribution in [3.63, 3.8) is 0 Å². The Hall–Kier alpha value is -1.75. The summed E-state index contributed by atoms with van der Waals surface area (Å²) in [6.45, 7) is 6.09. The van der Waals surface area contributed by atoms with Gasteiger partial charge < -0.3 is 15.2 Å². The van der Waals surface area contributed by atoms with Gasteiger partial charge in [0.15, 0.2) is 0 Å². The molecule has 0 aromatic heterocycles. The monoisotopic (exact) mass is 306 g/mol. The minimum Gasteiger partial charge on any atom is -0.497 e. The fourth-order valence-electron chi connectivity index (χ4n) is 2.82. The molecule has 0 bridgehead atoms. The van der Waals surface area contributed by atoms with E-state index in [1.807, 2.05) is 39.0 Å². The highest BCUT2D eigenvalue weighted by Crippen LogP contribution is 2.46. The number of rotatable bonds is 4. The zero-order valence-corrected chi connectivity index (χ0v) is 13.9. The Morgan fingerprint density at radius 2 is 2.05 bits per heavy atom. The van der Waals surface area contributed by atoms with Crippen LogP contribution >= 0.6 is 0 Å². The van der Waals surface area contributed by atoms with Crippen molar-refractivity contribution in [1.29, 1.82) is 0 Å². The Morgan fingerprint density at radius 3 is 2.50 bits per heavy atom. The van der Waals surface area contributed by atoms with Crippen LogP contribution in [0.5, 0.6) is 5.75 Å². The molecule has 1 aliphatic carbocycles. The van der Waals surface area contributed by atoms with Crippen LogP contribution in [0.2, 0.25) is 0 Å². The van der Waals surface area contributed by atoms with Crippen molar-refractivity contribution in [3.05, 3.63) is 23.8 Å². The molecule has 0 aliphatic heterocycles. The van der Waals surface area contributed by atoms with Crippen molar-refractivity contribution in [2.24, 2.45) is 5.73 Å². The second-order valence-electron chi connectivity index (χ2n) is 6.88. The molecule has 5 nitrogen and oxygen atoms in total. The summed E-state index contributed by atoms with van der Waals surface area (Å²) < 4.78 is 10.6. The van der Waals surface area contributed by atoms with Crippen LogP contribution in [0.15, 0.2) is 18.2 Å². The third-order valence-corrected chi connectivity index (χ3v) is 4.14. The van der Waals surface area contributed by atoms with Crippen LogP contribution in [-0.2, 0) is 10.2 Å². The Morgan fingerprint density at radius 1 is 1.36 bits per heavy atom. The molecule has 1 fully saturated rings. The summed E-state index contributed by atoms with van der Waals surface area (Å²) in [4.78, 5) is 12.1. The van der Waals surface area contributed by atoms with Crippen molar-refractivity contribution in [2.75, 3.05) is 19.0 Å². The largest absolute Gasteiger partial charge is 0.497 e. The standard InChI is InChI=1S/C17H26N2O3/c1-16(2,3)22-15(20)19-14-10-12(21-4)6-7-13(14)17(11-18)8-5-9-17/h6-7,10H,5,8-9,11,18H2,1-4H3,(H,19,20). The van der Waals surface area contributed by atoms with Gasteiger partial charge in [-0.2, -0.15) is 0 Å². The lowest BCUT2D eigenvalue weighted by Gasteiger charge is -2.42. The number of hydrogen-bond acceptors (Lipinski definition) is 4. The minimum absolute atomic E-state index is 0.0450. The fraction of sp³-hybridized carbons (Fsp3) is 0.588. The topological polar surface area (TPSA) is 73.6 Å². The van der Waals surface area contributed by atoms with Gasteiger partial charge in [0, 0.05) is 18.0 Å². The summed E-state index contributed by atoms with van der Waals surface area (Å²) in [6.07, 6.45) is 2.78. The van der Waals surface area contributed by atoms with Crippen molar-refractivity contribution in [3.8, 4) is 5.75 Å². The normalized spacial score (nSPS) is 16.6. The van der Waals surface area contributed by atoms with Gasteiger partial charge in [0.05, 0.1) is 12.8 Å².